The fourth-order valence-corrected chi connectivity index (χ4v) is 3.81. The molecule has 14 heteroatoms. The van der Waals surface area contributed by atoms with Gasteiger partial charge in [-0.25, -0.2) is 5.26 Å². The molecule has 0 spiro atoms. The number of nitrogens with zero attached hydrogens (tertiary/aromatic N) is 3. The molecular formula is C16H14ClN5O6S2. The lowest BCUT2D eigenvalue weighted by atomic mass is 10.2. The average molecular weight is 472 g/mol. The molecule has 0 atom stereocenters. The Morgan fingerprint density at radius 3 is 2.37 bits per heavy atom. The fourth-order valence-electron chi connectivity index (χ4n) is 2.39. The number of halogens is 1. The Hall–Kier alpha value is -2.52. The summed E-state index contributed by atoms with van der Waals surface area (Å²) in [5, 5.41) is 17.6. The van der Waals surface area contributed by atoms with Crippen LogP contribution in [-0.2, 0) is 19.5 Å². The number of hydrogen-bond acceptors (Lipinski definition) is 11. The van der Waals surface area contributed by atoms with Gasteiger partial charge in [0.25, 0.3) is 10.1 Å². The number of para-hydroxylation sites is 1. The Morgan fingerprint density at radius 2 is 1.73 bits per heavy atom. The van der Waals surface area contributed by atoms with Crippen molar-refractivity contribution in [1.29, 1.82) is 0 Å². The van der Waals surface area contributed by atoms with Crippen LogP contribution in [0.2, 0.25) is 5.28 Å². The van der Waals surface area contributed by atoms with E-state index in [1.54, 1.807) is 12.1 Å². The highest BCUT2D eigenvalue weighted by molar-refractivity contribution is 7.94. The van der Waals surface area contributed by atoms with E-state index in [0.29, 0.717) is 22.6 Å². The van der Waals surface area contributed by atoms with Gasteiger partial charge in [-0.3, -0.25) is 4.55 Å². The predicted molar refractivity (Wildman–Crippen MR) is 109 cm³/mol. The standard InChI is InChI=1S/C16H14ClN5O6S2/c1-9-7-12(29-28-27-23)11(8-13(9)30(24,25)26)19-16-21-14(17)20-15(22-16)18-10-5-3-2-4-6-10/h2-8,23H,1H3,(H,24,25,26)(H2,18,19,20,21,22). The van der Waals surface area contributed by atoms with Gasteiger partial charge in [-0.05, 0) is 48.4 Å². The second kappa shape index (κ2) is 9.53. The molecule has 3 aromatic rings. The Labute approximate surface area is 180 Å². The molecule has 0 saturated heterocycles. The highest BCUT2D eigenvalue weighted by Crippen LogP contribution is 2.34. The van der Waals surface area contributed by atoms with Gasteiger partial charge in [0.1, 0.15) is 0 Å². The summed E-state index contributed by atoms with van der Waals surface area (Å²) in [6.45, 7) is 1.47. The van der Waals surface area contributed by atoms with Crippen molar-refractivity contribution in [3.05, 3.63) is 53.3 Å². The number of anilines is 4. The Balaban J connectivity index is 1.98. The molecule has 0 unspecified atom stereocenters. The third-order valence-corrected chi connectivity index (χ3v) is 5.40. The molecule has 0 saturated carbocycles. The highest BCUT2D eigenvalue weighted by Gasteiger charge is 2.19. The molecule has 1 aromatic heterocycles. The van der Waals surface area contributed by atoms with Gasteiger partial charge in [0.2, 0.25) is 17.2 Å². The number of hydrogen-bond donors (Lipinski definition) is 4. The maximum Gasteiger partial charge on any atom is 0.294 e. The number of rotatable bonds is 8. The van der Waals surface area contributed by atoms with Crippen molar-refractivity contribution in [3.8, 4) is 0 Å². The summed E-state index contributed by atoms with van der Waals surface area (Å²) in [7, 11) is -4.50. The van der Waals surface area contributed by atoms with Crippen LogP contribution in [0.4, 0.5) is 23.3 Å². The smallest absolute Gasteiger partial charge is 0.294 e. The molecule has 0 aliphatic rings. The van der Waals surface area contributed by atoms with E-state index in [0.717, 1.165) is 6.07 Å². The van der Waals surface area contributed by atoms with Gasteiger partial charge in [-0.1, -0.05) is 23.2 Å². The molecule has 2 aromatic carbocycles. The van der Waals surface area contributed by atoms with E-state index >= 15 is 0 Å². The van der Waals surface area contributed by atoms with Crippen LogP contribution in [0.5, 0.6) is 0 Å². The first-order valence-electron chi connectivity index (χ1n) is 8.04. The summed E-state index contributed by atoms with van der Waals surface area (Å²) in [5.41, 5.74) is 1.06. The third kappa shape index (κ3) is 5.76. The third-order valence-electron chi connectivity index (χ3n) is 3.59. The molecule has 0 aliphatic heterocycles. The first-order valence-corrected chi connectivity index (χ1v) is 10.6. The van der Waals surface area contributed by atoms with E-state index < -0.39 is 10.1 Å². The largest absolute Gasteiger partial charge is 0.324 e. The second-order valence-electron chi connectivity index (χ2n) is 5.68. The molecule has 1 heterocycles. The lowest BCUT2D eigenvalue weighted by Crippen LogP contribution is -2.07. The van der Waals surface area contributed by atoms with Crippen molar-refractivity contribution < 1.29 is 27.6 Å². The molecular weight excluding hydrogens is 458 g/mol. The quantitative estimate of drug-likeness (QED) is 0.162. The monoisotopic (exact) mass is 471 g/mol. The number of benzene rings is 2. The maximum absolute atomic E-state index is 11.6. The van der Waals surface area contributed by atoms with Crippen molar-refractivity contribution in [2.24, 2.45) is 0 Å². The van der Waals surface area contributed by atoms with Crippen molar-refractivity contribution in [2.45, 2.75) is 16.7 Å². The second-order valence-corrected chi connectivity index (χ2v) is 8.15. The predicted octanol–water partition coefficient (Wildman–Crippen LogP) is 4.00. The molecule has 0 fully saturated rings. The van der Waals surface area contributed by atoms with Gasteiger partial charge in [0.05, 0.1) is 27.5 Å². The molecule has 4 N–H and O–H groups in total. The Morgan fingerprint density at radius 1 is 1.07 bits per heavy atom. The lowest BCUT2D eigenvalue weighted by Gasteiger charge is -2.13. The van der Waals surface area contributed by atoms with Crippen LogP contribution < -0.4 is 10.6 Å². The zero-order chi connectivity index (χ0) is 21.7. The minimum atomic E-state index is -4.50. The van der Waals surface area contributed by atoms with Crippen LogP contribution in [0.3, 0.4) is 0 Å². The average Bonchev–Trinajstić information content (AvgIpc) is 2.67. The van der Waals surface area contributed by atoms with E-state index in [1.165, 1.54) is 13.0 Å². The van der Waals surface area contributed by atoms with Crippen molar-refractivity contribution in [3.63, 3.8) is 0 Å². The van der Waals surface area contributed by atoms with Gasteiger partial charge in [0, 0.05) is 5.69 Å². The fraction of sp³-hybridized carbons (Fsp3) is 0.0625. The summed E-state index contributed by atoms with van der Waals surface area (Å²) in [5.74, 6) is 0.111. The highest BCUT2D eigenvalue weighted by atomic mass is 35.5. The zero-order valence-electron chi connectivity index (χ0n) is 15.1. The molecule has 0 radical (unpaired) electrons. The molecule has 3 rings (SSSR count). The Kier molecular flexibility index (Phi) is 7.04. The van der Waals surface area contributed by atoms with Gasteiger partial charge in [0.15, 0.2) is 0 Å². The summed E-state index contributed by atoms with van der Waals surface area (Å²) < 4.78 is 37.2. The zero-order valence-corrected chi connectivity index (χ0v) is 17.5. The van der Waals surface area contributed by atoms with Crippen molar-refractivity contribution in [2.75, 3.05) is 10.6 Å². The topological polar surface area (TPSA) is 156 Å². The van der Waals surface area contributed by atoms with Gasteiger partial charge < -0.3 is 10.6 Å². The van der Waals surface area contributed by atoms with Crippen molar-refractivity contribution in [1.82, 2.24) is 15.0 Å². The van der Waals surface area contributed by atoms with Crippen LogP contribution >= 0.6 is 23.6 Å². The number of aromatic nitrogens is 3. The van der Waals surface area contributed by atoms with Crippen LogP contribution in [0.1, 0.15) is 5.56 Å². The molecule has 0 bridgehead atoms. The molecule has 0 amide bonds. The lowest BCUT2D eigenvalue weighted by molar-refractivity contribution is -0.432. The van der Waals surface area contributed by atoms with Gasteiger partial charge >= 0.3 is 0 Å². The SMILES string of the molecule is Cc1cc(SOOO)c(Nc2nc(Cl)nc(Nc3ccccc3)n2)cc1S(=O)(=O)O. The number of nitrogens with one attached hydrogen (secondary N) is 2. The van der Waals surface area contributed by atoms with Crippen LogP contribution in [0, 0.1) is 6.92 Å². The Bertz CT molecular complexity index is 1150. The normalized spacial score (nSPS) is 11.3. The number of aryl methyl sites for hydroxylation is 1. The van der Waals surface area contributed by atoms with E-state index in [1.807, 2.05) is 18.2 Å². The van der Waals surface area contributed by atoms with E-state index in [4.69, 9.17) is 16.9 Å². The minimum absolute atomic E-state index is 0.0228. The molecule has 30 heavy (non-hydrogen) atoms. The van der Waals surface area contributed by atoms with Crippen molar-refractivity contribution >= 4 is 57.0 Å². The van der Waals surface area contributed by atoms with Crippen LogP contribution in [0.15, 0.2) is 52.3 Å². The van der Waals surface area contributed by atoms with E-state index in [2.05, 4.69) is 35.0 Å². The summed E-state index contributed by atoms with van der Waals surface area (Å²) in [4.78, 5) is 12.1. The minimum Gasteiger partial charge on any atom is -0.324 e. The van der Waals surface area contributed by atoms with E-state index in [9.17, 15) is 13.0 Å². The van der Waals surface area contributed by atoms with Gasteiger partial charge in [-0.2, -0.15) is 23.4 Å². The first-order chi connectivity index (χ1) is 14.3. The van der Waals surface area contributed by atoms with Gasteiger partial charge in [-0.15, -0.1) is 4.33 Å². The molecule has 158 valence electrons. The molecule has 11 nitrogen and oxygen atoms in total. The van der Waals surface area contributed by atoms with Crippen LogP contribution in [-0.4, -0.2) is 33.2 Å². The maximum atomic E-state index is 11.6. The summed E-state index contributed by atoms with van der Waals surface area (Å²) >= 11 is 6.55. The van der Waals surface area contributed by atoms with E-state index in [-0.39, 0.29) is 33.3 Å². The summed E-state index contributed by atoms with van der Waals surface area (Å²) in [6.07, 6.45) is 0. The summed E-state index contributed by atoms with van der Waals surface area (Å²) in [6, 6.07) is 11.6. The first kappa shape index (κ1) is 22.2. The molecule has 0 aliphatic carbocycles. The van der Waals surface area contributed by atoms with Crippen LogP contribution in [0.25, 0.3) is 0 Å².